The SMILES string of the molecule is CCC(CC)N(CCO)c1nc(NN)ncc1Br. The molecule has 0 saturated heterocycles. The normalized spacial score (nSPS) is 10.8. The second-order valence-corrected chi connectivity index (χ2v) is 4.75. The molecule has 102 valence electrons. The molecule has 0 aromatic carbocycles. The Hall–Kier alpha value is -0.920. The van der Waals surface area contributed by atoms with Gasteiger partial charge in [-0.25, -0.2) is 10.8 Å². The number of aliphatic hydroxyl groups is 1. The molecule has 0 unspecified atom stereocenters. The summed E-state index contributed by atoms with van der Waals surface area (Å²) in [6.45, 7) is 4.86. The number of anilines is 2. The number of nitrogens with two attached hydrogens (primary N) is 1. The predicted molar refractivity (Wildman–Crippen MR) is 76.3 cm³/mol. The van der Waals surface area contributed by atoms with Gasteiger partial charge in [0.15, 0.2) is 0 Å². The van der Waals surface area contributed by atoms with Crippen LogP contribution in [0.1, 0.15) is 26.7 Å². The molecule has 0 aliphatic heterocycles. The highest BCUT2D eigenvalue weighted by atomic mass is 79.9. The van der Waals surface area contributed by atoms with Gasteiger partial charge >= 0.3 is 0 Å². The lowest BCUT2D eigenvalue weighted by Gasteiger charge is -2.31. The molecule has 0 atom stereocenters. The van der Waals surface area contributed by atoms with Crippen LogP contribution in [0.15, 0.2) is 10.7 Å². The first-order chi connectivity index (χ1) is 8.67. The molecule has 6 nitrogen and oxygen atoms in total. The molecular formula is C11H20BrN5O. The third-order valence-corrected chi connectivity index (χ3v) is 3.41. The molecule has 1 aromatic rings. The molecule has 0 spiro atoms. The predicted octanol–water partition coefficient (Wildman–Crippen LogP) is 1.51. The summed E-state index contributed by atoms with van der Waals surface area (Å²) in [6.07, 6.45) is 3.63. The van der Waals surface area contributed by atoms with E-state index in [0.717, 1.165) is 23.1 Å². The summed E-state index contributed by atoms with van der Waals surface area (Å²) in [7, 11) is 0. The Bertz CT molecular complexity index is 372. The first kappa shape index (κ1) is 15.1. The number of nitrogens with zero attached hydrogens (tertiary/aromatic N) is 3. The average molecular weight is 318 g/mol. The monoisotopic (exact) mass is 317 g/mol. The van der Waals surface area contributed by atoms with E-state index < -0.39 is 0 Å². The quantitative estimate of drug-likeness (QED) is 0.522. The minimum absolute atomic E-state index is 0.0817. The fourth-order valence-electron chi connectivity index (χ4n) is 1.93. The van der Waals surface area contributed by atoms with Crippen molar-refractivity contribution in [2.24, 2.45) is 5.84 Å². The largest absolute Gasteiger partial charge is 0.395 e. The van der Waals surface area contributed by atoms with Gasteiger partial charge in [0.2, 0.25) is 5.95 Å². The molecule has 0 bridgehead atoms. The highest BCUT2D eigenvalue weighted by Gasteiger charge is 2.19. The fourth-order valence-corrected chi connectivity index (χ4v) is 2.35. The lowest BCUT2D eigenvalue weighted by Crippen LogP contribution is -2.38. The number of halogens is 1. The molecule has 18 heavy (non-hydrogen) atoms. The minimum Gasteiger partial charge on any atom is -0.395 e. The van der Waals surface area contributed by atoms with E-state index in [4.69, 9.17) is 5.84 Å². The van der Waals surface area contributed by atoms with Crippen LogP contribution in [0.5, 0.6) is 0 Å². The van der Waals surface area contributed by atoms with Crippen molar-refractivity contribution in [2.75, 3.05) is 23.5 Å². The highest BCUT2D eigenvalue weighted by Crippen LogP contribution is 2.27. The van der Waals surface area contributed by atoms with Crippen molar-refractivity contribution in [3.05, 3.63) is 10.7 Å². The molecule has 1 aromatic heterocycles. The van der Waals surface area contributed by atoms with Gasteiger partial charge in [-0.05, 0) is 28.8 Å². The van der Waals surface area contributed by atoms with Crippen LogP contribution in [-0.4, -0.2) is 34.3 Å². The molecule has 1 rings (SSSR count). The van der Waals surface area contributed by atoms with Crippen LogP contribution in [0.25, 0.3) is 0 Å². The van der Waals surface area contributed by atoms with E-state index in [2.05, 4.69) is 50.1 Å². The third-order valence-electron chi connectivity index (χ3n) is 2.85. The maximum atomic E-state index is 9.21. The van der Waals surface area contributed by atoms with E-state index >= 15 is 0 Å². The number of rotatable bonds is 7. The third kappa shape index (κ3) is 3.54. The average Bonchev–Trinajstić information content (AvgIpc) is 2.40. The van der Waals surface area contributed by atoms with Gasteiger partial charge in [0.25, 0.3) is 0 Å². The number of hydrogen-bond donors (Lipinski definition) is 3. The number of nitrogens with one attached hydrogen (secondary N) is 1. The summed E-state index contributed by atoms with van der Waals surface area (Å²) in [4.78, 5) is 10.5. The molecule has 1 heterocycles. The molecule has 0 saturated carbocycles. The highest BCUT2D eigenvalue weighted by molar-refractivity contribution is 9.10. The van der Waals surface area contributed by atoms with Crippen molar-refractivity contribution in [1.29, 1.82) is 0 Å². The van der Waals surface area contributed by atoms with Gasteiger partial charge in [-0.2, -0.15) is 4.98 Å². The summed E-state index contributed by atoms with van der Waals surface area (Å²) in [5, 5.41) is 9.21. The van der Waals surface area contributed by atoms with E-state index in [1.807, 2.05) is 0 Å². The van der Waals surface area contributed by atoms with Crippen molar-refractivity contribution < 1.29 is 5.11 Å². The Morgan fingerprint density at radius 2 is 2.17 bits per heavy atom. The summed E-state index contributed by atoms with van der Waals surface area (Å²) in [5.74, 6) is 6.44. The Morgan fingerprint density at radius 1 is 1.50 bits per heavy atom. The Kier molecular flexibility index (Phi) is 6.31. The van der Waals surface area contributed by atoms with E-state index in [0.29, 0.717) is 18.5 Å². The van der Waals surface area contributed by atoms with Gasteiger partial charge in [-0.15, -0.1) is 0 Å². The van der Waals surface area contributed by atoms with Crippen molar-refractivity contribution in [2.45, 2.75) is 32.7 Å². The summed E-state index contributed by atoms with van der Waals surface area (Å²) in [6, 6.07) is 0.328. The number of aliphatic hydroxyl groups excluding tert-OH is 1. The molecule has 4 N–H and O–H groups in total. The summed E-state index contributed by atoms with van der Waals surface area (Å²) in [5.41, 5.74) is 2.43. The second-order valence-electron chi connectivity index (χ2n) is 3.90. The van der Waals surface area contributed by atoms with E-state index in [9.17, 15) is 5.11 Å². The Morgan fingerprint density at radius 3 is 2.67 bits per heavy atom. The molecule has 0 fully saturated rings. The van der Waals surface area contributed by atoms with Crippen LogP contribution in [0.4, 0.5) is 11.8 Å². The molecular weight excluding hydrogens is 298 g/mol. The first-order valence-electron chi connectivity index (χ1n) is 6.04. The number of hydrogen-bond acceptors (Lipinski definition) is 6. The fraction of sp³-hybridized carbons (Fsp3) is 0.636. The Balaban J connectivity index is 3.10. The Labute approximate surface area is 116 Å². The van der Waals surface area contributed by atoms with Gasteiger partial charge < -0.3 is 10.0 Å². The smallest absolute Gasteiger partial charge is 0.239 e. The number of hydrazine groups is 1. The zero-order valence-corrected chi connectivity index (χ0v) is 12.3. The van der Waals surface area contributed by atoms with Crippen LogP contribution in [0.3, 0.4) is 0 Å². The van der Waals surface area contributed by atoms with Gasteiger partial charge in [-0.3, -0.25) is 5.43 Å². The van der Waals surface area contributed by atoms with Crippen molar-refractivity contribution in [1.82, 2.24) is 9.97 Å². The summed E-state index contributed by atoms with van der Waals surface area (Å²) >= 11 is 3.44. The van der Waals surface area contributed by atoms with Crippen molar-refractivity contribution in [3.63, 3.8) is 0 Å². The van der Waals surface area contributed by atoms with Crippen molar-refractivity contribution >= 4 is 27.7 Å². The van der Waals surface area contributed by atoms with Crippen LogP contribution in [0, 0.1) is 0 Å². The standard InChI is InChI=1S/C11H20BrN5O/c1-3-8(4-2)17(5-6-18)10-9(12)7-14-11(15-10)16-13/h7-8,18H,3-6,13H2,1-2H3,(H,14,15,16). The molecule has 0 radical (unpaired) electrons. The first-order valence-corrected chi connectivity index (χ1v) is 6.83. The van der Waals surface area contributed by atoms with Crippen LogP contribution < -0.4 is 16.2 Å². The van der Waals surface area contributed by atoms with E-state index in [1.165, 1.54) is 0 Å². The van der Waals surface area contributed by atoms with Crippen LogP contribution >= 0.6 is 15.9 Å². The number of nitrogen functional groups attached to an aromatic ring is 1. The minimum atomic E-state index is 0.0817. The van der Waals surface area contributed by atoms with E-state index in [1.54, 1.807) is 6.20 Å². The maximum absolute atomic E-state index is 9.21. The maximum Gasteiger partial charge on any atom is 0.239 e. The lowest BCUT2D eigenvalue weighted by molar-refractivity contribution is 0.295. The van der Waals surface area contributed by atoms with Crippen LogP contribution in [-0.2, 0) is 0 Å². The second kappa shape index (κ2) is 7.50. The topological polar surface area (TPSA) is 87.3 Å². The number of aromatic nitrogens is 2. The zero-order chi connectivity index (χ0) is 13.5. The van der Waals surface area contributed by atoms with Gasteiger partial charge in [-0.1, -0.05) is 13.8 Å². The molecule has 0 amide bonds. The molecule has 7 heteroatoms. The van der Waals surface area contributed by atoms with Crippen LogP contribution in [0.2, 0.25) is 0 Å². The van der Waals surface area contributed by atoms with Gasteiger partial charge in [0.1, 0.15) is 5.82 Å². The molecule has 0 aliphatic carbocycles. The van der Waals surface area contributed by atoms with E-state index in [-0.39, 0.29) is 6.61 Å². The van der Waals surface area contributed by atoms with Crippen molar-refractivity contribution in [3.8, 4) is 0 Å². The molecule has 0 aliphatic rings. The van der Waals surface area contributed by atoms with Gasteiger partial charge in [0, 0.05) is 18.8 Å². The summed E-state index contributed by atoms with van der Waals surface area (Å²) < 4.78 is 0.793. The lowest BCUT2D eigenvalue weighted by atomic mass is 10.1. The van der Waals surface area contributed by atoms with Gasteiger partial charge in [0.05, 0.1) is 11.1 Å². The zero-order valence-electron chi connectivity index (χ0n) is 10.7.